The highest BCUT2D eigenvalue weighted by Crippen LogP contribution is 2.26. The first-order chi connectivity index (χ1) is 12.8. The Balaban J connectivity index is 2.16. The number of nitrogens with zero attached hydrogens (tertiary/aromatic N) is 1. The van der Waals surface area contributed by atoms with Crippen molar-refractivity contribution in [2.75, 3.05) is 33.1 Å². The molecule has 8 nitrogen and oxygen atoms in total. The second-order valence-electron chi connectivity index (χ2n) is 5.53. The number of anilines is 1. The Kier molecular flexibility index (Phi) is 6.54. The summed E-state index contributed by atoms with van der Waals surface area (Å²) in [4.78, 5) is 24.1. The monoisotopic (exact) mass is 392 g/mol. The number of carbonyl (C=O) groups is 2. The van der Waals surface area contributed by atoms with Crippen LogP contribution >= 0.6 is 0 Å². The Morgan fingerprint density at radius 1 is 1.07 bits per heavy atom. The Morgan fingerprint density at radius 3 is 2.33 bits per heavy atom. The number of benzene rings is 2. The van der Waals surface area contributed by atoms with Crippen molar-refractivity contribution < 1.29 is 27.5 Å². The number of amides is 1. The van der Waals surface area contributed by atoms with Crippen LogP contribution in [0.25, 0.3) is 0 Å². The van der Waals surface area contributed by atoms with Gasteiger partial charge in [-0.05, 0) is 30.3 Å². The third-order valence-corrected chi connectivity index (χ3v) is 5.53. The van der Waals surface area contributed by atoms with E-state index in [0.717, 1.165) is 4.31 Å². The van der Waals surface area contributed by atoms with Crippen LogP contribution in [-0.4, -0.2) is 52.4 Å². The van der Waals surface area contributed by atoms with E-state index in [4.69, 9.17) is 4.74 Å². The highest BCUT2D eigenvalue weighted by Gasteiger charge is 2.23. The number of ether oxygens (including phenoxy) is 2. The summed E-state index contributed by atoms with van der Waals surface area (Å²) in [5.41, 5.74) is 0.453. The smallest absolute Gasteiger partial charge is 0.337 e. The summed E-state index contributed by atoms with van der Waals surface area (Å²) in [6, 6.07) is 12.2. The molecular weight excluding hydrogens is 372 g/mol. The minimum absolute atomic E-state index is 0.0885. The van der Waals surface area contributed by atoms with Gasteiger partial charge < -0.3 is 14.8 Å². The van der Waals surface area contributed by atoms with Gasteiger partial charge in [0, 0.05) is 7.05 Å². The minimum Gasteiger partial charge on any atom is -0.495 e. The predicted molar refractivity (Wildman–Crippen MR) is 99.2 cm³/mol. The fourth-order valence-corrected chi connectivity index (χ4v) is 3.45. The molecule has 0 heterocycles. The number of esters is 1. The molecule has 0 aliphatic carbocycles. The van der Waals surface area contributed by atoms with E-state index in [2.05, 4.69) is 10.1 Å². The molecule has 9 heteroatoms. The van der Waals surface area contributed by atoms with Crippen molar-refractivity contribution in [3.63, 3.8) is 0 Å². The summed E-state index contributed by atoms with van der Waals surface area (Å²) in [7, 11) is 0.165. The first-order valence-electron chi connectivity index (χ1n) is 7.87. The summed E-state index contributed by atoms with van der Waals surface area (Å²) >= 11 is 0. The molecule has 2 aromatic carbocycles. The number of hydrogen-bond donors (Lipinski definition) is 1. The molecule has 0 aliphatic rings. The fraction of sp³-hybridized carbons (Fsp3) is 0.222. The van der Waals surface area contributed by atoms with Gasteiger partial charge in [-0.25, -0.2) is 13.2 Å². The van der Waals surface area contributed by atoms with E-state index in [0.29, 0.717) is 5.75 Å². The van der Waals surface area contributed by atoms with E-state index in [1.165, 1.54) is 51.6 Å². The predicted octanol–water partition coefficient (Wildman–Crippen LogP) is 1.74. The van der Waals surface area contributed by atoms with E-state index in [1.807, 2.05) is 0 Å². The largest absolute Gasteiger partial charge is 0.495 e. The van der Waals surface area contributed by atoms with Gasteiger partial charge in [-0.2, -0.15) is 4.31 Å². The van der Waals surface area contributed by atoms with Crippen molar-refractivity contribution >= 4 is 27.6 Å². The molecule has 2 rings (SSSR count). The molecule has 0 saturated carbocycles. The van der Waals surface area contributed by atoms with Gasteiger partial charge in [-0.3, -0.25) is 4.79 Å². The Bertz CT molecular complexity index is 928. The van der Waals surface area contributed by atoms with Crippen molar-refractivity contribution in [3.05, 3.63) is 54.1 Å². The Hall–Kier alpha value is -2.91. The maximum atomic E-state index is 12.5. The molecule has 0 atom stereocenters. The third kappa shape index (κ3) is 4.83. The van der Waals surface area contributed by atoms with Crippen molar-refractivity contribution in [2.45, 2.75) is 4.90 Å². The van der Waals surface area contributed by atoms with Gasteiger partial charge in [0.15, 0.2) is 0 Å². The molecule has 1 N–H and O–H groups in total. The molecule has 0 aromatic heterocycles. The van der Waals surface area contributed by atoms with Gasteiger partial charge in [0.05, 0.1) is 36.9 Å². The maximum absolute atomic E-state index is 12.5. The second-order valence-corrected chi connectivity index (χ2v) is 7.57. The molecule has 0 spiro atoms. The highest BCUT2D eigenvalue weighted by molar-refractivity contribution is 7.89. The molecule has 0 unspecified atom stereocenters. The molecule has 1 amide bonds. The van der Waals surface area contributed by atoms with Crippen LogP contribution in [0.5, 0.6) is 5.75 Å². The molecule has 0 saturated heterocycles. The number of rotatable bonds is 7. The molecule has 27 heavy (non-hydrogen) atoms. The van der Waals surface area contributed by atoms with Crippen LogP contribution in [0.2, 0.25) is 0 Å². The van der Waals surface area contributed by atoms with E-state index >= 15 is 0 Å². The average Bonchev–Trinajstić information content (AvgIpc) is 2.67. The van der Waals surface area contributed by atoms with Crippen LogP contribution in [0.3, 0.4) is 0 Å². The maximum Gasteiger partial charge on any atom is 0.337 e. The molecule has 144 valence electrons. The normalized spacial score (nSPS) is 11.1. The summed E-state index contributed by atoms with van der Waals surface area (Å²) in [6.07, 6.45) is 0. The lowest BCUT2D eigenvalue weighted by atomic mass is 10.2. The number of nitrogens with one attached hydrogen (secondary N) is 1. The lowest BCUT2D eigenvalue weighted by molar-refractivity contribution is -0.116. The quantitative estimate of drug-likeness (QED) is 0.720. The summed E-state index contributed by atoms with van der Waals surface area (Å²) < 4.78 is 35.7. The first-order valence-corrected chi connectivity index (χ1v) is 9.31. The van der Waals surface area contributed by atoms with Crippen molar-refractivity contribution in [2.24, 2.45) is 0 Å². The SMILES string of the molecule is COC(=O)c1ccc(OC)c(NC(=O)CN(C)S(=O)(=O)c2ccccc2)c1. The standard InChI is InChI=1S/C18H20N2O6S/c1-20(27(23,24)14-7-5-4-6-8-14)12-17(21)19-15-11-13(18(22)26-3)9-10-16(15)25-2/h4-11H,12H2,1-3H3,(H,19,21). The lowest BCUT2D eigenvalue weighted by Crippen LogP contribution is -2.35. The molecular formula is C18H20N2O6S. The zero-order valence-electron chi connectivity index (χ0n) is 15.1. The highest BCUT2D eigenvalue weighted by atomic mass is 32.2. The Labute approximate surface area is 157 Å². The van der Waals surface area contributed by atoms with Crippen LogP contribution in [0, 0.1) is 0 Å². The minimum atomic E-state index is -3.80. The molecule has 0 radical (unpaired) electrons. The number of likely N-dealkylation sites (N-methyl/N-ethyl adjacent to an activating group) is 1. The van der Waals surface area contributed by atoms with Crippen molar-refractivity contribution in [1.82, 2.24) is 4.31 Å². The third-order valence-electron chi connectivity index (χ3n) is 3.71. The van der Waals surface area contributed by atoms with Gasteiger partial charge in [0.25, 0.3) is 0 Å². The van der Waals surface area contributed by atoms with E-state index in [-0.39, 0.29) is 16.1 Å². The van der Waals surface area contributed by atoms with E-state index < -0.39 is 28.4 Å². The number of methoxy groups -OCH3 is 2. The van der Waals surface area contributed by atoms with Gasteiger partial charge in [-0.1, -0.05) is 18.2 Å². The average molecular weight is 392 g/mol. The lowest BCUT2D eigenvalue weighted by Gasteiger charge is -2.17. The molecule has 2 aromatic rings. The topological polar surface area (TPSA) is 102 Å². The zero-order valence-corrected chi connectivity index (χ0v) is 15.9. The van der Waals surface area contributed by atoms with Crippen molar-refractivity contribution in [3.8, 4) is 5.75 Å². The zero-order chi connectivity index (χ0) is 20.0. The van der Waals surface area contributed by atoms with Crippen LogP contribution in [0.4, 0.5) is 5.69 Å². The number of hydrogen-bond acceptors (Lipinski definition) is 6. The van der Waals surface area contributed by atoms with E-state index in [9.17, 15) is 18.0 Å². The van der Waals surface area contributed by atoms with Gasteiger partial charge >= 0.3 is 5.97 Å². The molecule has 0 fully saturated rings. The summed E-state index contributed by atoms with van der Waals surface area (Å²) in [5, 5.41) is 2.56. The first kappa shape index (κ1) is 20.4. The van der Waals surface area contributed by atoms with Gasteiger partial charge in [0.1, 0.15) is 5.75 Å². The second kappa shape index (κ2) is 8.65. The van der Waals surface area contributed by atoms with Crippen LogP contribution < -0.4 is 10.1 Å². The van der Waals surface area contributed by atoms with Crippen LogP contribution in [-0.2, 0) is 19.6 Å². The number of sulfonamides is 1. The number of carbonyl (C=O) groups excluding carboxylic acids is 2. The van der Waals surface area contributed by atoms with Gasteiger partial charge in [-0.15, -0.1) is 0 Å². The summed E-state index contributed by atoms with van der Waals surface area (Å²) in [6.45, 7) is -0.414. The Morgan fingerprint density at radius 2 is 1.74 bits per heavy atom. The van der Waals surface area contributed by atoms with Crippen LogP contribution in [0.1, 0.15) is 10.4 Å². The fourth-order valence-electron chi connectivity index (χ4n) is 2.30. The van der Waals surface area contributed by atoms with E-state index in [1.54, 1.807) is 18.2 Å². The van der Waals surface area contributed by atoms with Crippen LogP contribution in [0.15, 0.2) is 53.4 Å². The van der Waals surface area contributed by atoms with Crippen molar-refractivity contribution in [1.29, 1.82) is 0 Å². The van der Waals surface area contributed by atoms with Gasteiger partial charge in [0.2, 0.25) is 15.9 Å². The summed E-state index contributed by atoms with van der Waals surface area (Å²) in [5.74, 6) is -0.834. The molecule has 0 aliphatic heterocycles. The molecule has 0 bridgehead atoms.